The van der Waals surface area contributed by atoms with Crippen LogP contribution < -0.4 is 0 Å². The Bertz CT molecular complexity index is 842. The number of pyridine rings is 1. The van der Waals surface area contributed by atoms with Gasteiger partial charge in [0.05, 0.1) is 11.4 Å². The standard InChI is InChI=1S/C16H22N4O2S/c1-11-5-7-17-9-15(11)14-6-8-20(10-14)23(21,22)16-12(2)18-19(4)13(16)3/h5,7,9,14H,6,8,10H2,1-4H3/t14-/m0/s1. The Morgan fingerprint density at radius 1 is 1.26 bits per heavy atom. The molecule has 1 fully saturated rings. The van der Waals surface area contributed by atoms with Gasteiger partial charge in [-0.1, -0.05) is 0 Å². The molecular weight excluding hydrogens is 312 g/mol. The van der Waals surface area contributed by atoms with Gasteiger partial charge in [-0.25, -0.2) is 8.42 Å². The molecule has 2 aromatic heterocycles. The van der Waals surface area contributed by atoms with Crippen molar-refractivity contribution in [2.75, 3.05) is 13.1 Å². The summed E-state index contributed by atoms with van der Waals surface area (Å²) >= 11 is 0. The van der Waals surface area contributed by atoms with E-state index in [1.165, 1.54) is 0 Å². The lowest BCUT2D eigenvalue weighted by Gasteiger charge is -2.17. The van der Waals surface area contributed by atoms with Gasteiger partial charge in [-0.2, -0.15) is 9.40 Å². The normalized spacial score (nSPS) is 19.4. The van der Waals surface area contributed by atoms with Crippen molar-refractivity contribution in [1.29, 1.82) is 0 Å². The maximum absolute atomic E-state index is 13.0. The molecule has 3 heterocycles. The van der Waals surface area contributed by atoms with Crippen LogP contribution in [0.15, 0.2) is 23.4 Å². The molecule has 0 spiro atoms. The van der Waals surface area contributed by atoms with E-state index in [4.69, 9.17) is 0 Å². The Labute approximate surface area is 137 Å². The summed E-state index contributed by atoms with van der Waals surface area (Å²) in [5, 5.41) is 4.24. The molecule has 0 unspecified atom stereocenters. The Morgan fingerprint density at radius 2 is 2.00 bits per heavy atom. The van der Waals surface area contributed by atoms with Crippen molar-refractivity contribution >= 4 is 10.0 Å². The average molecular weight is 334 g/mol. The van der Waals surface area contributed by atoms with Gasteiger partial charge in [0.1, 0.15) is 4.90 Å². The highest BCUT2D eigenvalue weighted by atomic mass is 32.2. The molecule has 124 valence electrons. The highest BCUT2D eigenvalue weighted by Gasteiger charge is 2.36. The number of aryl methyl sites for hydroxylation is 3. The Morgan fingerprint density at radius 3 is 2.61 bits per heavy atom. The lowest BCUT2D eigenvalue weighted by atomic mass is 9.96. The molecule has 0 aromatic carbocycles. The third kappa shape index (κ3) is 2.68. The monoisotopic (exact) mass is 334 g/mol. The van der Waals surface area contributed by atoms with Gasteiger partial charge in [-0.3, -0.25) is 9.67 Å². The van der Waals surface area contributed by atoms with Crippen LogP contribution >= 0.6 is 0 Å². The third-order valence-electron chi connectivity index (χ3n) is 4.71. The zero-order valence-corrected chi connectivity index (χ0v) is 14.8. The quantitative estimate of drug-likeness (QED) is 0.860. The fourth-order valence-corrected chi connectivity index (χ4v) is 5.26. The second-order valence-corrected chi connectivity index (χ2v) is 8.08. The first-order valence-electron chi connectivity index (χ1n) is 7.73. The molecule has 0 saturated carbocycles. The molecule has 23 heavy (non-hydrogen) atoms. The van der Waals surface area contributed by atoms with Gasteiger partial charge < -0.3 is 0 Å². The zero-order valence-electron chi connectivity index (χ0n) is 13.9. The highest BCUT2D eigenvalue weighted by Crippen LogP contribution is 2.33. The summed E-state index contributed by atoms with van der Waals surface area (Å²) in [6.07, 6.45) is 4.45. The van der Waals surface area contributed by atoms with Gasteiger partial charge in [-0.05, 0) is 44.4 Å². The topological polar surface area (TPSA) is 68.1 Å². The molecule has 7 heteroatoms. The highest BCUT2D eigenvalue weighted by molar-refractivity contribution is 7.89. The molecule has 0 N–H and O–H groups in total. The van der Waals surface area contributed by atoms with Crippen LogP contribution in [0.4, 0.5) is 0 Å². The summed E-state index contributed by atoms with van der Waals surface area (Å²) in [5.41, 5.74) is 3.55. The van der Waals surface area contributed by atoms with E-state index in [9.17, 15) is 8.42 Å². The molecule has 0 radical (unpaired) electrons. The summed E-state index contributed by atoms with van der Waals surface area (Å²) in [6, 6.07) is 1.97. The summed E-state index contributed by atoms with van der Waals surface area (Å²) < 4.78 is 29.2. The fourth-order valence-electron chi connectivity index (χ4n) is 3.36. The van der Waals surface area contributed by atoms with Gasteiger partial charge >= 0.3 is 0 Å². The predicted molar refractivity (Wildman–Crippen MR) is 87.8 cm³/mol. The third-order valence-corrected chi connectivity index (χ3v) is 6.83. The number of nitrogens with zero attached hydrogens (tertiary/aromatic N) is 4. The van der Waals surface area contributed by atoms with E-state index < -0.39 is 10.0 Å². The number of rotatable bonds is 3. The fraction of sp³-hybridized carbons (Fsp3) is 0.500. The molecule has 1 aliphatic rings. The summed E-state index contributed by atoms with van der Waals surface area (Å²) in [5.74, 6) is 0.204. The maximum atomic E-state index is 13.0. The Balaban J connectivity index is 1.90. The first kappa shape index (κ1) is 16.1. The van der Waals surface area contributed by atoms with Crippen LogP contribution in [0.25, 0.3) is 0 Å². The van der Waals surface area contributed by atoms with Crippen molar-refractivity contribution in [1.82, 2.24) is 19.1 Å². The van der Waals surface area contributed by atoms with Gasteiger partial charge in [0.25, 0.3) is 0 Å². The number of hydrogen-bond donors (Lipinski definition) is 0. The number of aromatic nitrogens is 3. The minimum Gasteiger partial charge on any atom is -0.271 e. The predicted octanol–water partition coefficient (Wildman–Crippen LogP) is 1.92. The molecular formula is C16H22N4O2S. The van der Waals surface area contributed by atoms with Crippen LogP contribution in [0.3, 0.4) is 0 Å². The second kappa shape index (κ2) is 5.72. The molecule has 1 saturated heterocycles. The number of sulfonamides is 1. The second-order valence-electron chi connectivity index (χ2n) is 6.20. The molecule has 1 aliphatic heterocycles. The van der Waals surface area contributed by atoms with E-state index in [0.717, 1.165) is 17.5 Å². The SMILES string of the molecule is Cc1ccncc1[C@H]1CCN(S(=O)(=O)c2c(C)nn(C)c2C)C1. The van der Waals surface area contributed by atoms with Crippen LogP contribution in [-0.2, 0) is 17.1 Å². The van der Waals surface area contributed by atoms with E-state index in [0.29, 0.717) is 29.4 Å². The van der Waals surface area contributed by atoms with Gasteiger partial charge in [0.15, 0.2) is 0 Å². The smallest absolute Gasteiger partial charge is 0.246 e. The van der Waals surface area contributed by atoms with Crippen LogP contribution in [0, 0.1) is 20.8 Å². The molecule has 1 atom stereocenters. The molecule has 6 nitrogen and oxygen atoms in total. The van der Waals surface area contributed by atoms with E-state index in [2.05, 4.69) is 10.1 Å². The Kier molecular flexibility index (Phi) is 4.01. The van der Waals surface area contributed by atoms with Crippen molar-refractivity contribution in [2.24, 2.45) is 7.05 Å². The van der Waals surface area contributed by atoms with Crippen molar-refractivity contribution in [3.63, 3.8) is 0 Å². The summed E-state index contributed by atoms with van der Waals surface area (Å²) in [7, 11) is -1.73. The minimum absolute atomic E-state index is 0.204. The van der Waals surface area contributed by atoms with Crippen molar-refractivity contribution in [3.05, 3.63) is 41.0 Å². The lowest BCUT2D eigenvalue weighted by molar-refractivity contribution is 0.471. The van der Waals surface area contributed by atoms with Crippen molar-refractivity contribution in [2.45, 2.75) is 38.0 Å². The zero-order chi connectivity index (χ0) is 16.8. The van der Waals surface area contributed by atoms with Gasteiger partial charge in [-0.15, -0.1) is 0 Å². The largest absolute Gasteiger partial charge is 0.271 e. The lowest BCUT2D eigenvalue weighted by Crippen LogP contribution is -2.29. The molecule has 3 rings (SSSR count). The molecule has 2 aromatic rings. The van der Waals surface area contributed by atoms with Crippen molar-refractivity contribution < 1.29 is 8.42 Å². The van der Waals surface area contributed by atoms with E-state index in [-0.39, 0.29) is 5.92 Å². The van der Waals surface area contributed by atoms with Crippen LogP contribution in [0.5, 0.6) is 0 Å². The van der Waals surface area contributed by atoms with Gasteiger partial charge in [0.2, 0.25) is 10.0 Å². The van der Waals surface area contributed by atoms with Gasteiger partial charge in [0, 0.05) is 38.4 Å². The first-order chi connectivity index (χ1) is 10.8. The molecule has 0 bridgehead atoms. The minimum atomic E-state index is -3.50. The average Bonchev–Trinajstić information content (AvgIpc) is 3.06. The molecule has 0 aliphatic carbocycles. The number of hydrogen-bond acceptors (Lipinski definition) is 4. The van der Waals surface area contributed by atoms with E-state index in [1.807, 2.05) is 19.2 Å². The molecule has 0 amide bonds. The summed E-state index contributed by atoms with van der Waals surface area (Å²) in [6.45, 7) is 6.63. The van der Waals surface area contributed by atoms with Crippen molar-refractivity contribution in [3.8, 4) is 0 Å². The van der Waals surface area contributed by atoms with Crippen LogP contribution in [0.1, 0.15) is 34.9 Å². The maximum Gasteiger partial charge on any atom is 0.246 e. The first-order valence-corrected chi connectivity index (χ1v) is 9.17. The van der Waals surface area contributed by atoms with E-state index >= 15 is 0 Å². The summed E-state index contributed by atoms with van der Waals surface area (Å²) in [4.78, 5) is 4.54. The van der Waals surface area contributed by atoms with Crippen LogP contribution in [-0.4, -0.2) is 40.6 Å². The van der Waals surface area contributed by atoms with Crippen LogP contribution in [0.2, 0.25) is 0 Å². The van der Waals surface area contributed by atoms with E-state index in [1.54, 1.807) is 36.1 Å². The Hall–Kier alpha value is -1.73.